The molecule has 0 radical (unpaired) electrons. The average molecular weight is 346 g/mol. The van der Waals surface area contributed by atoms with Gasteiger partial charge in [-0.05, 0) is 49.2 Å². The predicted molar refractivity (Wildman–Crippen MR) is 101 cm³/mol. The van der Waals surface area contributed by atoms with Crippen LogP contribution >= 0.6 is 0 Å². The summed E-state index contributed by atoms with van der Waals surface area (Å²) in [5, 5.41) is 1.51. The minimum atomic E-state index is -0.510. The Labute approximate surface area is 150 Å². The Kier molecular flexibility index (Phi) is 3.84. The fraction of sp³-hybridized carbons (Fsp3) is 0.143. The Morgan fingerprint density at radius 2 is 1.88 bits per heavy atom. The van der Waals surface area contributed by atoms with Crippen molar-refractivity contribution in [1.29, 1.82) is 0 Å². The first kappa shape index (κ1) is 16.1. The molecular formula is C21H18N2O3. The van der Waals surface area contributed by atoms with E-state index in [2.05, 4.69) is 4.98 Å². The molecule has 0 aliphatic carbocycles. The number of carbonyl (C=O) groups excluding carboxylic acids is 1. The van der Waals surface area contributed by atoms with E-state index in [1.54, 1.807) is 12.4 Å². The Morgan fingerprint density at radius 3 is 2.58 bits per heavy atom. The molecular weight excluding hydrogens is 328 g/mol. The Bertz CT molecular complexity index is 1110. The summed E-state index contributed by atoms with van der Waals surface area (Å²) in [7, 11) is 0. The van der Waals surface area contributed by atoms with Crippen molar-refractivity contribution in [3.05, 3.63) is 60.4 Å². The van der Waals surface area contributed by atoms with E-state index in [1.807, 2.05) is 56.3 Å². The van der Waals surface area contributed by atoms with Gasteiger partial charge in [0.25, 0.3) is 0 Å². The average Bonchev–Trinajstić information content (AvgIpc) is 3.01. The highest BCUT2D eigenvalue weighted by Crippen LogP contribution is 2.42. The van der Waals surface area contributed by atoms with Gasteiger partial charge in [-0.15, -0.1) is 0 Å². The zero-order valence-corrected chi connectivity index (χ0v) is 14.5. The van der Waals surface area contributed by atoms with Crippen molar-refractivity contribution in [1.82, 2.24) is 4.98 Å². The minimum Gasteiger partial charge on any atom is -0.487 e. The molecule has 1 amide bonds. The summed E-state index contributed by atoms with van der Waals surface area (Å²) >= 11 is 0. The zero-order valence-electron chi connectivity index (χ0n) is 14.5. The summed E-state index contributed by atoms with van der Waals surface area (Å²) < 4.78 is 12.0. The Morgan fingerprint density at radius 1 is 1.15 bits per heavy atom. The molecule has 0 saturated heterocycles. The molecule has 5 heteroatoms. The van der Waals surface area contributed by atoms with Crippen molar-refractivity contribution in [3.8, 4) is 16.9 Å². The fourth-order valence-electron chi connectivity index (χ4n) is 3.23. The molecule has 5 nitrogen and oxygen atoms in total. The number of nitrogens with two attached hydrogens (primary N) is 1. The number of hydrogen-bond donors (Lipinski definition) is 1. The topological polar surface area (TPSA) is 78.4 Å². The molecule has 2 aromatic carbocycles. The molecule has 2 N–H and O–H groups in total. The fourth-order valence-corrected chi connectivity index (χ4v) is 3.23. The Hall–Kier alpha value is -3.34. The van der Waals surface area contributed by atoms with Gasteiger partial charge in [0.2, 0.25) is 5.91 Å². The summed E-state index contributed by atoms with van der Waals surface area (Å²) in [5.74, 6) is 0.0764. The largest absolute Gasteiger partial charge is 0.487 e. The molecule has 0 aliphatic rings. The number of ether oxygens (including phenoxy) is 1. The summed E-state index contributed by atoms with van der Waals surface area (Å²) in [5.41, 5.74) is 8.97. The van der Waals surface area contributed by atoms with Gasteiger partial charge in [-0.3, -0.25) is 9.78 Å². The number of rotatable bonds is 4. The van der Waals surface area contributed by atoms with Gasteiger partial charge in [-0.1, -0.05) is 18.2 Å². The van der Waals surface area contributed by atoms with E-state index < -0.39 is 5.91 Å². The number of pyridine rings is 1. The smallest absolute Gasteiger partial charge is 0.250 e. The van der Waals surface area contributed by atoms with Gasteiger partial charge in [0.1, 0.15) is 5.58 Å². The number of furan rings is 1. The first-order valence-corrected chi connectivity index (χ1v) is 8.41. The molecule has 4 aromatic rings. The third-order valence-electron chi connectivity index (χ3n) is 4.21. The van der Waals surface area contributed by atoms with Crippen LogP contribution in [0.3, 0.4) is 0 Å². The van der Waals surface area contributed by atoms with E-state index in [0.717, 1.165) is 10.9 Å². The minimum absolute atomic E-state index is 0.0452. The molecule has 0 aliphatic heterocycles. The number of nitrogens with zero attached hydrogens (tertiary/aromatic N) is 1. The second kappa shape index (κ2) is 6.19. The lowest BCUT2D eigenvalue weighted by molar-refractivity contribution is 0.100. The monoisotopic (exact) mass is 346 g/mol. The van der Waals surface area contributed by atoms with Crippen molar-refractivity contribution in [3.63, 3.8) is 0 Å². The van der Waals surface area contributed by atoms with Crippen molar-refractivity contribution >= 4 is 27.8 Å². The van der Waals surface area contributed by atoms with Gasteiger partial charge in [-0.2, -0.15) is 0 Å². The van der Waals surface area contributed by atoms with E-state index in [-0.39, 0.29) is 6.10 Å². The quantitative estimate of drug-likeness (QED) is 0.589. The number of para-hydroxylation sites is 1. The lowest BCUT2D eigenvalue weighted by atomic mass is 9.95. The van der Waals surface area contributed by atoms with Gasteiger partial charge in [0.05, 0.1) is 11.7 Å². The van der Waals surface area contributed by atoms with Crippen molar-refractivity contribution < 1.29 is 13.9 Å². The maximum absolute atomic E-state index is 12.4. The molecule has 26 heavy (non-hydrogen) atoms. The van der Waals surface area contributed by atoms with Crippen LogP contribution in [0.5, 0.6) is 5.75 Å². The molecule has 0 unspecified atom stereocenters. The van der Waals surface area contributed by atoms with E-state index >= 15 is 0 Å². The number of benzene rings is 2. The van der Waals surface area contributed by atoms with E-state index in [1.165, 1.54) is 0 Å². The van der Waals surface area contributed by atoms with Crippen LogP contribution in [0.2, 0.25) is 0 Å². The zero-order chi connectivity index (χ0) is 18.3. The third-order valence-corrected chi connectivity index (χ3v) is 4.21. The van der Waals surface area contributed by atoms with Crippen molar-refractivity contribution in [2.75, 3.05) is 0 Å². The molecule has 0 saturated carbocycles. The molecule has 0 bridgehead atoms. The molecule has 2 heterocycles. The molecule has 4 rings (SSSR count). The molecule has 2 aromatic heterocycles. The van der Waals surface area contributed by atoms with Crippen molar-refractivity contribution in [2.24, 2.45) is 5.73 Å². The maximum Gasteiger partial charge on any atom is 0.250 e. The van der Waals surface area contributed by atoms with Gasteiger partial charge in [0, 0.05) is 23.2 Å². The molecule has 130 valence electrons. The second-order valence-electron chi connectivity index (χ2n) is 6.37. The third kappa shape index (κ3) is 2.58. The van der Waals surface area contributed by atoms with Crippen LogP contribution in [0.1, 0.15) is 24.2 Å². The predicted octanol–water partition coefficient (Wildman–Crippen LogP) is 4.53. The highest BCUT2D eigenvalue weighted by molar-refractivity contribution is 6.20. The van der Waals surface area contributed by atoms with Gasteiger partial charge < -0.3 is 14.9 Å². The highest BCUT2D eigenvalue weighted by Gasteiger charge is 2.23. The lowest BCUT2D eigenvalue weighted by Gasteiger charge is -2.15. The standard InChI is InChI=1S/C21H18N2O3/c1-12(2)25-17-11-15(13-7-9-23-10-8-13)19(21(22)24)18-14-5-3-4-6-16(14)26-20(17)18/h3-12H,1-2H3,(H2,22,24). The van der Waals surface area contributed by atoms with Crippen molar-refractivity contribution in [2.45, 2.75) is 20.0 Å². The number of aromatic nitrogens is 1. The number of amides is 1. The summed E-state index contributed by atoms with van der Waals surface area (Å²) in [6, 6.07) is 13.1. The SMILES string of the molecule is CC(C)Oc1cc(-c2ccncc2)c(C(N)=O)c2c1oc1ccccc12. The number of carbonyl (C=O) groups is 1. The normalized spacial score (nSPS) is 11.3. The van der Waals surface area contributed by atoms with E-state index in [4.69, 9.17) is 14.9 Å². The van der Waals surface area contributed by atoms with Crippen LogP contribution in [-0.2, 0) is 0 Å². The Balaban J connectivity index is 2.18. The van der Waals surface area contributed by atoms with Crippen LogP contribution in [0.25, 0.3) is 33.1 Å². The lowest BCUT2D eigenvalue weighted by Crippen LogP contribution is -2.14. The number of fused-ring (bicyclic) bond motifs is 3. The maximum atomic E-state index is 12.4. The van der Waals surface area contributed by atoms with Gasteiger partial charge in [0.15, 0.2) is 11.3 Å². The van der Waals surface area contributed by atoms with Crippen LogP contribution in [-0.4, -0.2) is 17.0 Å². The van der Waals surface area contributed by atoms with Crippen LogP contribution in [0, 0.1) is 0 Å². The van der Waals surface area contributed by atoms with E-state index in [0.29, 0.717) is 33.4 Å². The first-order chi connectivity index (χ1) is 12.6. The number of hydrogen-bond acceptors (Lipinski definition) is 4. The highest BCUT2D eigenvalue weighted by atomic mass is 16.5. The van der Waals surface area contributed by atoms with Gasteiger partial charge in [-0.25, -0.2) is 0 Å². The first-order valence-electron chi connectivity index (χ1n) is 8.41. The van der Waals surface area contributed by atoms with Crippen LogP contribution in [0.4, 0.5) is 0 Å². The number of primary amides is 1. The summed E-state index contributed by atoms with van der Waals surface area (Å²) in [6.07, 6.45) is 3.32. The second-order valence-corrected chi connectivity index (χ2v) is 6.37. The summed E-state index contributed by atoms with van der Waals surface area (Å²) in [6.45, 7) is 3.89. The van der Waals surface area contributed by atoms with Crippen LogP contribution < -0.4 is 10.5 Å². The summed E-state index contributed by atoms with van der Waals surface area (Å²) in [4.78, 5) is 16.5. The molecule has 0 atom stereocenters. The molecule has 0 fully saturated rings. The van der Waals surface area contributed by atoms with Crippen LogP contribution in [0.15, 0.2) is 59.3 Å². The van der Waals surface area contributed by atoms with E-state index in [9.17, 15) is 4.79 Å². The molecule has 0 spiro atoms. The van der Waals surface area contributed by atoms with Gasteiger partial charge >= 0.3 is 0 Å².